The fourth-order valence-electron chi connectivity index (χ4n) is 2.72. The van der Waals surface area contributed by atoms with E-state index in [-0.39, 0.29) is 22.9 Å². The molecule has 1 amide bonds. The Labute approximate surface area is 141 Å². The van der Waals surface area contributed by atoms with Crippen LogP contribution in [0.1, 0.15) is 23.7 Å². The SMILES string of the molecule is CCOc1cc(C(=O)N2CCCN(C)CC2)c([N+](=O)[O-])cc1OC. The van der Waals surface area contributed by atoms with Gasteiger partial charge in [-0.2, -0.15) is 0 Å². The third-order valence-corrected chi connectivity index (χ3v) is 4.02. The number of amides is 1. The van der Waals surface area contributed by atoms with Crippen molar-refractivity contribution in [3.8, 4) is 11.5 Å². The maximum atomic E-state index is 12.8. The Morgan fingerprint density at radius 1 is 1.25 bits per heavy atom. The van der Waals surface area contributed by atoms with E-state index in [1.54, 1.807) is 11.8 Å². The molecule has 0 unspecified atom stereocenters. The van der Waals surface area contributed by atoms with Gasteiger partial charge in [-0.15, -0.1) is 0 Å². The third kappa shape index (κ3) is 3.94. The van der Waals surface area contributed by atoms with E-state index in [9.17, 15) is 14.9 Å². The Bertz CT molecular complexity index is 620. The Morgan fingerprint density at radius 2 is 2.00 bits per heavy atom. The zero-order valence-electron chi connectivity index (χ0n) is 14.3. The van der Waals surface area contributed by atoms with Crippen LogP contribution in [0.2, 0.25) is 0 Å². The first kappa shape index (κ1) is 18.0. The van der Waals surface area contributed by atoms with Crippen LogP contribution < -0.4 is 9.47 Å². The van der Waals surface area contributed by atoms with Gasteiger partial charge in [0.2, 0.25) is 0 Å². The fraction of sp³-hybridized carbons (Fsp3) is 0.562. The number of hydrogen-bond acceptors (Lipinski definition) is 6. The van der Waals surface area contributed by atoms with Gasteiger partial charge in [0.15, 0.2) is 11.5 Å². The molecule has 1 fully saturated rings. The van der Waals surface area contributed by atoms with Gasteiger partial charge in [0, 0.05) is 25.7 Å². The normalized spacial score (nSPS) is 15.7. The van der Waals surface area contributed by atoms with Crippen LogP contribution in [0.3, 0.4) is 0 Å². The van der Waals surface area contributed by atoms with Gasteiger partial charge in [-0.05, 0) is 26.9 Å². The number of hydrogen-bond donors (Lipinski definition) is 0. The van der Waals surface area contributed by atoms with E-state index >= 15 is 0 Å². The number of rotatable bonds is 5. The third-order valence-electron chi connectivity index (χ3n) is 4.02. The van der Waals surface area contributed by atoms with Gasteiger partial charge in [-0.1, -0.05) is 0 Å². The molecular formula is C16H23N3O5. The number of nitro benzene ring substituents is 1. The molecule has 1 aromatic carbocycles. The summed E-state index contributed by atoms with van der Waals surface area (Å²) in [5.74, 6) is 0.234. The molecule has 8 heteroatoms. The van der Waals surface area contributed by atoms with E-state index in [0.717, 1.165) is 19.5 Å². The van der Waals surface area contributed by atoms with Crippen LogP contribution in [-0.2, 0) is 0 Å². The topological polar surface area (TPSA) is 85.2 Å². The van der Waals surface area contributed by atoms with E-state index in [2.05, 4.69) is 4.90 Å². The molecule has 0 radical (unpaired) electrons. The summed E-state index contributed by atoms with van der Waals surface area (Å²) < 4.78 is 10.6. The lowest BCUT2D eigenvalue weighted by atomic mass is 10.1. The molecule has 8 nitrogen and oxygen atoms in total. The molecule has 0 saturated carbocycles. The van der Waals surface area contributed by atoms with Gasteiger partial charge in [0.05, 0.1) is 24.7 Å². The molecule has 1 saturated heterocycles. The molecule has 132 valence electrons. The maximum Gasteiger partial charge on any atom is 0.286 e. The number of likely N-dealkylation sites (N-methyl/N-ethyl adjacent to an activating group) is 1. The first-order valence-corrected chi connectivity index (χ1v) is 7.95. The van der Waals surface area contributed by atoms with Crippen LogP contribution in [0.15, 0.2) is 12.1 Å². The largest absolute Gasteiger partial charge is 0.493 e. The zero-order valence-corrected chi connectivity index (χ0v) is 14.3. The van der Waals surface area contributed by atoms with E-state index in [1.165, 1.54) is 19.2 Å². The summed E-state index contributed by atoms with van der Waals surface area (Å²) in [6.45, 7) is 4.94. The molecule has 0 bridgehead atoms. The van der Waals surface area contributed by atoms with Gasteiger partial charge in [-0.3, -0.25) is 14.9 Å². The summed E-state index contributed by atoms with van der Waals surface area (Å²) in [5.41, 5.74) is -0.230. The lowest BCUT2D eigenvalue weighted by Crippen LogP contribution is -2.34. The number of carbonyl (C=O) groups is 1. The summed E-state index contributed by atoms with van der Waals surface area (Å²) in [6.07, 6.45) is 0.838. The van der Waals surface area contributed by atoms with Crippen molar-refractivity contribution < 1.29 is 19.2 Å². The smallest absolute Gasteiger partial charge is 0.286 e. The van der Waals surface area contributed by atoms with E-state index in [0.29, 0.717) is 25.4 Å². The first-order chi connectivity index (χ1) is 11.5. The zero-order chi connectivity index (χ0) is 17.7. The maximum absolute atomic E-state index is 12.8. The molecule has 0 spiro atoms. The summed E-state index contributed by atoms with van der Waals surface area (Å²) in [6, 6.07) is 2.67. The van der Waals surface area contributed by atoms with Crippen molar-refractivity contribution in [2.45, 2.75) is 13.3 Å². The highest BCUT2D eigenvalue weighted by Gasteiger charge is 2.28. The van der Waals surface area contributed by atoms with Crippen LogP contribution >= 0.6 is 0 Å². The van der Waals surface area contributed by atoms with Gasteiger partial charge < -0.3 is 19.3 Å². The number of nitro groups is 1. The van der Waals surface area contributed by atoms with Crippen molar-refractivity contribution >= 4 is 11.6 Å². The van der Waals surface area contributed by atoms with Gasteiger partial charge >= 0.3 is 0 Å². The standard InChI is InChI=1S/C16H23N3O5/c1-4-24-15-10-12(13(19(21)22)11-14(15)23-3)16(20)18-7-5-6-17(2)8-9-18/h10-11H,4-9H2,1-3H3. The summed E-state index contributed by atoms with van der Waals surface area (Å²) in [7, 11) is 3.41. The lowest BCUT2D eigenvalue weighted by molar-refractivity contribution is -0.385. The van der Waals surface area contributed by atoms with Gasteiger partial charge in [0.25, 0.3) is 11.6 Å². The minimum absolute atomic E-state index is 0.0359. The predicted octanol–water partition coefficient (Wildman–Crippen LogP) is 1.78. The molecule has 2 rings (SSSR count). The van der Waals surface area contributed by atoms with Crippen LogP contribution in [0, 0.1) is 10.1 Å². The van der Waals surface area contributed by atoms with Crippen molar-refractivity contribution in [3.63, 3.8) is 0 Å². The summed E-state index contributed by atoms with van der Waals surface area (Å²) in [4.78, 5) is 27.5. The average molecular weight is 337 g/mol. The first-order valence-electron chi connectivity index (χ1n) is 7.95. The van der Waals surface area contributed by atoms with Gasteiger partial charge in [-0.25, -0.2) is 0 Å². The molecule has 1 aliphatic heterocycles. The summed E-state index contributed by atoms with van der Waals surface area (Å²) in [5, 5.41) is 11.4. The number of carbonyl (C=O) groups excluding carboxylic acids is 1. The molecule has 1 heterocycles. The number of methoxy groups -OCH3 is 1. The Balaban J connectivity index is 2.40. The quantitative estimate of drug-likeness (QED) is 0.601. The lowest BCUT2D eigenvalue weighted by Gasteiger charge is -2.21. The van der Waals surface area contributed by atoms with Crippen LogP contribution in [0.5, 0.6) is 11.5 Å². The van der Waals surface area contributed by atoms with Crippen LogP contribution in [0.25, 0.3) is 0 Å². The molecule has 1 aliphatic rings. The van der Waals surface area contributed by atoms with Crippen molar-refractivity contribution in [2.75, 3.05) is 46.9 Å². The highest BCUT2D eigenvalue weighted by Crippen LogP contribution is 2.35. The molecule has 0 aromatic heterocycles. The molecule has 24 heavy (non-hydrogen) atoms. The average Bonchev–Trinajstić information content (AvgIpc) is 2.78. The number of nitrogens with zero attached hydrogens (tertiary/aromatic N) is 3. The van der Waals surface area contributed by atoms with E-state index in [1.807, 2.05) is 7.05 Å². The van der Waals surface area contributed by atoms with E-state index < -0.39 is 4.92 Å². The number of benzene rings is 1. The van der Waals surface area contributed by atoms with Crippen molar-refractivity contribution in [1.29, 1.82) is 0 Å². The minimum atomic E-state index is -0.560. The van der Waals surface area contributed by atoms with E-state index in [4.69, 9.17) is 9.47 Å². The van der Waals surface area contributed by atoms with Crippen molar-refractivity contribution in [3.05, 3.63) is 27.8 Å². The molecule has 0 N–H and O–H groups in total. The van der Waals surface area contributed by atoms with Crippen LogP contribution in [-0.4, -0.2) is 67.6 Å². The van der Waals surface area contributed by atoms with Gasteiger partial charge in [0.1, 0.15) is 5.56 Å². The molecule has 0 atom stereocenters. The van der Waals surface area contributed by atoms with Crippen molar-refractivity contribution in [1.82, 2.24) is 9.80 Å². The Morgan fingerprint density at radius 3 is 2.62 bits per heavy atom. The summed E-state index contributed by atoms with van der Waals surface area (Å²) >= 11 is 0. The monoisotopic (exact) mass is 337 g/mol. The second-order valence-electron chi connectivity index (χ2n) is 5.66. The second-order valence-corrected chi connectivity index (χ2v) is 5.66. The Kier molecular flexibility index (Phi) is 5.97. The van der Waals surface area contributed by atoms with Crippen molar-refractivity contribution in [2.24, 2.45) is 0 Å². The highest BCUT2D eigenvalue weighted by atomic mass is 16.6. The second kappa shape index (κ2) is 7.96. The fourth-order valence-corrected chi connectivity index (χ4v) is 2.72. The molecule has 0 aliphatic carbocycles. The molecule has 1 aromatic rings. The van der Waals surface area contributed by atoms with Crippen LogP contribution in [0.4, 0.5) is 5.69 Å². The molecular weight excluding hydrogens is 314 g/mol. The predicted molar refractivity (Wildman–Crippen MR) is 88.8 cm³/mol. The minimum Gasteiger partial charge on any atom is -0.493 e. The highest BCUT2D eigenvalue weighted by molar-refractivity contribution is 5.99. The number of ether oxygens (including phenoxy) is 2. The Hall–Kier alpha value is -2.35.